The topological polar surface area (TPSA) is 122 Å². The van der Waals surface area contributed by atoms with Gasteiger partial charge in [0.15, 0.2) is 0 Å². The Bertz CT molecular complexity index is 1150. The number of aryl methyl sites for hydroxylation is 1. The molecule has 3 atom stereocenters. The molecule has 0 radical (unpaired) electrons. The molecule has 4 amide bonds. The molecule has 10 nitrogen and oxygen atoms in total. The highest BCUT2D eigenvalue weighted by Crippen LogP contribution is 2.23. The van der Waals surface area contributed by atoms with Crippen LogP contribution in [0.3, 0.4) is 0 Å². The summed E-state index contributed by atoms with van der Waals surface area (Å²) >= 11 is 0. The number of methoxy groups -OCH3 is 1. The van der Waals surface area contributed by atoms with E-state index in [-0.39, 0.29) is 24.6 Å². The fourth-order valence-corrected chi connectivity index (χ4v) is 4.05. The highest BCUT2D eigenvalue weighted by atomic mass is 19.1. The van der Waals surface area contributed by atoms with Crippen LogP contribution >= 0.6 is 0 Å². The number of rotatable bonds is 7. The second-order valence-corrected chi connectivity index (χ2v) is 8.89. The van der Waals surface area contributed by atoms with Crippen molar-refractivity contribution < 1.29 is 32.7 Å². The first-order chi connectivity index (χ1) is 17.0. The molecular weight excluding hydrogens is 476 g/mol. The van der Waals surface area contributed by atoms with E-state index in [2.05, 4.69) is 16.0 Å². The molecule has 1 saturated heterocycles. The number of anilines is 1. The van der Waals surface area contributed by atoms with Crippen LogP contribution in [0.25, 0.3) is 0 Å². The van der Waals surface area contributed by atoms with Crippen molar-refractivity contribution in [2.45, 2.75) is 38.4 Å². The number of urea groups is 1. The summed E-state index contributed by atoms with van der Waals surface area (Å²) in [4.78, 5) is 52.4. The first kappa shape index (κ1) is 26.6. The van der Waals surface area contributed by atoms with Crippen molar-refractivity contribution >= 4 is 29.5 Å². The summed E-state index contributed by atoms with van der Waals surface area (Å²) in [7, 11) is 2.90. The molecule has 1 fully saturated rings. The maximum Gasteiger partial charge on any atom is 0.328 e. The maximum absolute atomic E-state index is 13.9. The van der Waals surface area contributed by atoms with Crippen LogP contribution in [0.15, 0.2) is 36.5 Å². The molecule has 36 heavy (non-hydrogen) atoms. The second kappa shape index (κ2) is 11.2. The molecule has 194 valence electrons. The molecule has 1 aliphatic rings. The second-order valence-electron chi connectivity index (χ2n) is 8.89. The Morgan fingerprint density at radius 3 is 2.44 bits per heavy atom. The quantitative estimate of drug-likeness (QED) is 0.497. The van der Waals surface area contributed by atoms with Crippen molar-refractivity contribution in [1.82, 2.24) is 20.1 Å². The summed E-state index contributed by atoms with van der Waals surface area (Å²) < 4.78 is 33.4. The summed E-state index contributed by atoms with van der Waals surface area (Å²) in [5.41, 5.74) is 0.107. The number of likely N-dealkylation sites (tertiary alicyclic amines) is 1. The number of halogens is 2. The van der Waals surface area contributed by atoms with E-state index < -0.39 is 53.6 Å². The van der Waals surface area contributed by atoms with E-state index in [1.54, 1.807) is 43.8 Å². The molecule has 1 aliphatic heterocycles. The minimum Gasteiger partial charge on any atom is -0.467 e. The van der Waals surface area contributed by atoms with E-state index in [0.29, 0.717) is 11.8 Å². The van der Waals surface area contributed by atoms with Gasteiger partial charge in [0.1, 0.15) is 29.4 Å². The number of amides is 4. The van der Waals surface area contributed by atoms with Crippen molar-refractivity contribution in [2.24, 2.45) is 13.0 Å². The molecule has 0 saturated carbocycles. The van der Waals surface area contributed by atoms with Gasteiger partial charge in [-0.1, -0.05) is 13.8 Å². The number of nitrogens with one attached hydrogen (secondary N) is 3. The Kier molecular flexibility index (Phi) is 8.28. The minimum atomic E-state index is -0.994. The van der Waals surface area contributed by atoms with Crippen molar-refractivity contribution in [3.8, 4) is 0 Å². The summed E-state index contributed by atoms with van der Waals surface area (Å²) in [5, 5.41) is 7.58. The third-order valence-electron chi connectivity index (χ3n) is 5.96. The summed E-state index contributed by atoms with van der Waals surface area (Å²) in [5.74, 6) is -3.63. The zero-order chi connectivity index (χ0) is 26.6. The van der Waals surface area contributed by atoms with E-state index in [1.807, 2.05) is 0 Å². The average molecular weight is 506 g/mol. The van der Waals surface area contributed by atoms with E-state index in [0.717, 1.165) is 12.1 Å². The largest absolute Gasteiger partial charge is 0.467 e. The summed E-state index contributed by atoms with van der Waals surface area (Å²) in [6, 6.07) is 2.64. The van der Waals surface area contributed by atoms with E-state index in [1.165, 1.54) is 12.0 Å². The molecule has 1 aromatic carbocycles. The van der Waals surface area contributed by atoms with Gasteiger partial charge in [-0.05, 0) is 36.6 Å². The third-order valence-corrected chi connectivity index (χ3v) is 5.96. The highest BCUT2D eigenvalue weighted by Gasteiger charge is 2.42. The number of hydrogen-bond donors (Lipinski definition) is 3. The first-order valence-corrected chi connectivity index (χ1v) is 11.3. The van der Waals surface area contributed by atoms with Crippen molar-refractivity contribution in [3.63, 3.8) is 0 Å². The number of benzene rings is 1. The number of aromatic nitrogens is 1. The van der Waals surface area contributed by atoms with Gasteiger partial charge in [0, 0.05) is 25.9 Å². The van der Waals surface area contributed by atoms with Crippen LogP contribution in [-0.2, 0) is 21.4 Å². The van der Waals surface area contributed by atoms with Crippen LogP contribution in [-0.4, -0.2) is 65.1 Å². The van der Waals surface area contributed by atoms with Crippen molar-refractivity contribution in [2.75, 3.05) is 19.0 Å². The van der Waals surface area contributed by atoms with Crippen molar-refractivity contribution in [3.05, 3.63) is 53.9 Å². The summed E-state index contributed by atoms with van der Waals surface area (Å²) in [6.45, 7) is 3.48. The van der Waals surface area contributed by atoms with Gasteiger partial charge in [-0.25, -0.2) is 18.4 Å². The van der Waals surface area contributed by atoms with Crippen molar-refractivity contribution in [1.29, 1.82) is 0 Å². The van der Waals surface area contributed by atoms with Crippen LogP contribution in [0, 0.1) is 17.6 Å². The van der Waals surface area contributed by atoms with Crippen LogP contribution in [0.4, 0.5) is 19.3 Å². The standard InChI is InChI=1S/C24H29F2N5O5/c1-13(2)20(23(34)36-4)29-21(32)19-11-15(12-31(19)22(33)18-6-5-9-30(18)3)27-24(35)28-17-8-7-14(25)10-16(17)26/h5-10,13,15,19-20H,11-12H2,1-4H3,(H,29,32)(H2,27,28,35)/t15-,19+,20+/m0/s1. The van der Waals surface area contributed by atoms with Gasteiger partial charge >= 0.3 is 12.0 Å². The minimum absolute atomic E-state index is 0.00795. The monoisotopic (exact) mass is 505 g/mol. The Morgan fingerprint density at radius 2 is 1.86 bits per heavy atom. The lowest BCUT2D eigenvalue weighted by Gasteiger charge is -2.27. The van der Waals surface area contributed by atoms with Crippen LogP contribution < -0.4 is 16.0 Å². The molecule has 3 N–H and O–H groups in total. The van der Waals surface area contributed by atoms with Gasteiger partial charge in [-0.15, -0.1) is 0 Å². The Balaban J connectivity index is 1.78. The molecule has 1 aromatic heterocycles. The normalized spacial score (nSPS) is 18.0. The van der Waals surface area contributed by atoms with Gasteiger partial charge < -0.3 is 30.2 Å². The lowest BCUT2D eigenvalue weighted by atomic mass is 10.0. The molecule has 0 spiro atoms. The molecule has 2 aromatic rings. The Labute approximate surface area is 207 Å². The molecule has 12 heteroatoms. The number of ether oxygens (including phenoxy) is 1. The number of nitrogens with zero attached hydrogens (tertiary/aromatic N) is 2. The van der Waals surface area contributed by atoms with Crippen LogP contribution in [0.5, 0.6) is 0 Å². The van der Waals surface area contributed by atoms with Gasteiger partial charge in [-0.3, -0.25) is 9.59 Å². The third kappa shape index (κ3) is 5.99. The molecule has 2 heterocycles. The number of hydrogen-bond acceptors (Lipinski definition) is 5. The number of carbonyl (C=O) groups is 4. The van der Waals surface area contributed by atoms with Gasteiger partial charge in [0.05, 0.1) is 18.8 Å². The Morgan fingerprint density at radius 1 is 1.14 bits per heavy atom. The predicted octanol–water partition coefficient (Wildman–Crippen LogP) is 2.02. The fraction of sp³-hybridized carbons (Fsp3) is 0.417. The zero-order valence-electron chi connectivity index (χ0n) is 20.4. The SMILES string of the molecule is COC(=O)[C@H](NC(=O)[C@H]1C[C@H](NC(=O)Nc2ccc(F)cc2F)CN1C(=O)c1cccn1C)C(C)C. The maximum atomic E-state index is 13.9. The predicted molar refractivity (Wildman–Crippen MR) is 126 cm³/mol. The van der Waals surface area contributed by atoms with Crippen LogP contribution in [0.2, 0.25) is 0 Å². The molecule has 0 aliphatic carbocycles. The summed E-state index contributed by atoms with van der Waals surface area (Å²) in [6.07, 6.45) is 1.73. The Hall–Kier alpha value is -3.96. The molecular formula is C24H29F2N5O5. The number of carbonyl (C=O) groups excluding carboxylic acids is 4. The van der Waals surface area contributed by atoms with Gasteiger partial charge in [0.25, 0.3) is 5.91 Å². The lowest BCUT2D eigenvalue weighted by molar-refractivity contribution is -0.146. The fourth-order valence-electron chi connectivity index (χ4n) is 4.05. The van der Waals surface area contributed by atoms with Gasteiger partial charge in [0.2, 0.25) is 5.91 Å². The average Bonchev–Trinajstić information content (AvgIpc) is 3.44. The van der Waals surface area contributed by atoms with E-state index >= 15 is 0 Å². The highest BCUT2D eigenvalue weighted by molar-refractivity contribution is 5.98. The zero-order valence-corrected chi connectivity index (χ0v) is 20.4. The molecule has 0 bridgehead atoms. The van der Waals surface area contributed by atoms with E-state index in [9.17, 15) is 28.0 Å². The first-order valence-electron chi connectivity index (χ1n) is 11.3. The van der Waals surface area contributed by atoms with E-state index in [4.69, 9.17) is 4.74 Å². The lowest BCUT2D eigenvalue weighted by Crippen LogP contribution is -2.52. The smallest absolute Gasteiger partial charge is 0.328 e. The molecule has 3 rings (SSSR count). The number of esters is 1. The van der Waals surface area contributed by atoms with Gasteiger partial charge in [-0.2, -0.15) is 0 Å². The van der Waals surface area contributed by atoms with Crippen LogP contribution in [0.1, 0.15) is 30.8 Å². The molecule has 0 unspecified atom stereocenters.